The lowest BCUT2D eigenvalue weighted by Crippen LogP contribution is -2.46. The number of piperazine rings is 1. The van der Waals surface area contributed by atoms with Crippen LogP contribution in [0.15, 0.2) is 36.5 Å². The molecule has 0 spiro atoms. The van der Waals surface area contributed by atoms with E-state index in [9.17, 15) is 4.79 Å². The van der Waals surface area contributed by atoms with Gasteiger partial charge in [-0.3, -0.25) is 4.79 Å². The first kappa shape index (κ1) is 17.6. The molecule has 2 aliphatic rings. The minimum atomic E-state index is -0.193. The third-order valence-corrected chi connectivity index (χ3v) is 4.95. The van der Waals surface area contributed by atoms with Crippen molar-refractivity contribution in [2.45, 2.75) is 6.92 Å². The quantitative estimate of drug-likeness (QED) is 0.893. The molecule has 1 amide bonds. The first-order valence-corrected chi connectivity index (χ1v) is 9.37. The molecule has 1 N–H and O–H groups in total. The number of likely N-dealkylation sites (N-methyl/N-ethyl adjacent to an activating group) is 1. The highest BCUT2D eigenvalue weighted by Crippen LogP contribution is 2.32. The van der Waals surface area contributed by atoms with Gasteiger partial charge in [0, 0.05) is 44.1 Å². The maximum absolute atomic E-state index is 12.5. The second-order valence-electron chi connectivity index (χ2n) is 6.64. The number of amides is 1. The van der Waals surface area contributed by atoms with Crippen molar-refractivity contribution in [3.8, 4) is 11.5 Å². The summed E-state index contributed by atoms with van der Waals surface area (Å²) in [6.45, 7) is 8.35. The van der Waals surface area contributed by atoms with Crippen LogP contribution in [0.4, 0.5) is 11.5 Å². The van der Waals surface area contributed by atoms with Crippen LogP contribution in [0, 0.1) is 0 Å². The number of anilines is 2. The monoisotopic (exact) mass is 368 g/mol. The highest BCUT2D eigenvalue weighted by atomic mass is 16.6. The minimum absolute atomic E-state index is 0.193. The summed E-state index contributed by atoms with van der Waals surface area (Å²) in [6, 6.07) is 9.13. The van der Waals surface area contributed by atoms with E-state index in [1.165, 1.54) is 0 Å². The van der Waals surface area contributed by atoms with Crippen LogP contribution in [-0.4, -0.2) is 61.7 Å². The fourth-order valence-corrected chi connectivity index (χ4v) is 3.33. The number of carbonyl (C=O) groups is 1. The summed E-state index contributed by atoms with van der Waals surface area (Å²) >= 11 is 0. The van der Waals surface area contributed by atoms with Crippen molar-refractivity contribution < 1.29 is 14.3 Å². The van der Waals surface area contributed by atoms with Gasteiger partial charge in [0.1, 0.15) is 19.0 Å². The van der Waals surface area contributed by atoms with Crippen molar-refractivity contribution in [1.29, 1.82) is 0 Å². The van der Waals surface area contributed by atoms with Gasteiger partial charge in [0.15, 0.2) is 11.5 Å². The molecule has 1 saturated heterocycles. The summed E-state index contributed by atoms with van der Waals surface area (Å²) in [4.78, 5) is 21.7. The van der Waals surface area contributed by atoms with Crippen LogP contribution in [0.2, 0.25) is 0 Å². The van der Waals surface area contributed by atoms with Crippen LogP contribution in [0.5, 0.6) is 11.5 Å². The SMILES string of the molecule is CCN1CCN(c2ccc(C(=O)Nc3ccc4c(c3)OCCO4)cn2)CC1. The Morgan fingerprint density at radius 1 is 1.07 bits per heavy atom. The van der Waals surface area contributed by atoms with Gasteiger partial charge in [-0.05, 0) is 30.8 Å². The van der Waals surface area contributed by atoms with Crippen LogP contribution in [0.3, 0.4) is 0 Å². The van der Waals surface area contributed by atoms with Gasteiger partial charge in [-0.2, -0.15) is 0 Å². The Hall–Kier alpha value is -2.80. The Labute approximate surface area is 158 Å². The zero-order chi connectivity index (χ0) is 18.6. The van der Waals surface area contributed by atoms with E-state index in [1.807, 2.05) is 12.1 Å². The maximum atomic E-state index is 12.5. The topological polar surface area (TPSA) is 66.9 Å². The molecule has 3 heterocycles. The number of nitrogens with one attached hydrogen (secondary N) is 1. The van der Waals surface area contributed by atoms with Gasteiger partial charge in [-0.25, -0.2) is 4.98 Å². The third kappa shape index (κ3) is 3.98. The molecular formula is C20H24N4O3. The summed E-state index contributed by atoms with van der Waals surface area (Å²) in [6.07, 6.45) is 1.63. The molecule has 2 aromatic rings. The molecular weight excluding hydrogens is 344 g/mol. The van der Waals surface area contributed by atoms with Crippen LogP contribution < -0.4 is 19.7 Å². The van der Waals surface area contributed by atoms with Gasteiger partial charge in [0.05, 0.1) is 5.56 Å². The molecule has 142 valence electrons. The predicted molar refractivity (Wildman–Crippen MR) is 104 cm³/mol. The van der Waals surface area contributed by atoms with Gasteiger partial charge in [-0.1, -0.05) is 6.92 Å². The van der Waals surface area contributed by atoms with Gasteiger partial charge in [0.2, 0.25) is 0 Å². The minimum Gasteiger partial charge on any atom is -0.486 e. The average Bonchev–Trinajstić information content (AvgIpc) is 2.74. The van der Waals surface area contributed by atoms with Gasteiger partial charge < -0.3 is 24.6 Å². The normalized spacial score (nSPS) is 16.9. The third-order valence-electron chi connectivity index (χ3n) is 4.95. The molecule has 0 aliphatic carbocycles. The molecule has 2 aliphatic heterocycles. The number of nitrogens with zero attached hydrogens (tertiary/aromatic N) is 3. The first-order chi connectivity index (χ1) is 13.2. The van der Waals surface area contributed by atoms with Crippen molar-refractivity contribution in [2.75, 3.05) is 56.2 Å². The standard InChI is InChI=1S/C20H24N4O3/c1-2-23-7-9-24(10-8-23)19-6-3-15(14-21-19)20(25)22-16-4-5-17-18(13-16)27-12-11-26-17/h3-6,13-14H,2,7-12H2,1H3,(H,22,25). The summed E-state index contributed by atoms with van der Waals surface area (Å²) in [5.41, 5.74) is 1.20. The average molecular weight is 368 g/mol. The van der Waals surface area contributed by atoms with Crippen molar-refractivity contribution in [1.82, 2.24) is 9.88 Å². The van der Waals surface area contributed by atoms with Gasteiger partial charge >= 0.3 is 0 Å². The molecule has 1 fully saturated rings. The number of hydrogen-bond donors (Lipinski definition) is 1. The Morgan fingerprint density at radius 3 is 2.56 bits per heavy atom. The van der Waals surface area contributed by atoms with E-state index in [0.717, 1.165) is 38.5 Å². The first-order valence-electron chi connectivity index (χ1n) is 9.37. The summed E-state index contributed by atoms with van der Waals surface area (Å²) in [7, 11) is 0. The molecule has 7 heteroatoms. The molecule has 27 heavy (non-hydrogen) atoms. The fraction of sp³-hybridized carbons (Fsp3) is 0.400. The molecule has 0 radical (unpaired) electrons. The second-order valence-corrected chi connectivity index (χ2v) is 6.64. The molecule has 7 nitrogen and oxygen atoms in total. The number of rotatable bonds is 4. The van der Waals surface area contributed by atoms with E-state index in [-0.39, 0.29) is 5.91 Å². The van der Waals surface area contributed by atoms with Crippen molar-refractivity contribution in [3.05, 3.63) is 42.1 Å². The molecule has 0 unspecified atom stereocenters. The Morgan fingerprint density at radius 2 is 1.85 bits per heavy atom. The Kier molecular flexibility index (Phi) is 5.11. The maximum Gasteiger partial charge on any atom is 0.257 e. The summed E-state index contributed by atoms with van der Waals surface area (Å²) < 4.78 is 11.0. The lowest BCUT2D eigenvalue weighted by Gasteiger charge is -2.34. The van der Waals surface area contributed by atoms with Gasteiger partial charge in [0.25, 0.3) is 5.91 Å². The number of benzene rings is 1. The van der Waals surface area contributed by atoms with E-state index in [2.05, 4.69) is 27.0 Å². The van der Waals surface area contributed by atoms with Crippen molar-refractivity contribution in [2.24, 2.45) is 0 Å². The fourth-order valence-electron chi connectivity index (χ4n) is 3.33. The summed E-state index contributed by atoms with van der Waals surface area (Å²) in [5, 5.41) is 2.89. The highest BCUT2D eigenvalue weighted by molar-refractivity contribution is 6.04. The van der Waals surface area contributed by atoms with Crippen molar-refractivity contribution >= 4 is 17.4 Å². The Bertz CT molecular complexity index is 801. The summed E-state index contributed by atoms with van der Waals surface area (Å²) in [5.74, 6) is 2.08. The number of fused-ring (bicyclic) bond motifs is 1. The highest BCUT2D eigenvalue weighted by Gasteiger charge is 2.17. The van der Waals surface area contributed by atoms with E-state index in [1.54, 1.807) is 24.4 Å². The molecule has 4 rings (SSSR count). The molecule has 1 aromatic heterocycles. The molecule has 0 bridgehead atoms. The van der Waals surface area contributed by atoms with Gasteiger partial charge in [-0.15, -0.1) is 0 Å². The lowest BCUT2D eigenvalue weighted by molar-refractivity contribution is 0.102. The predicted octanol–water partition coefficient (Wildman–Crippen LogP) is 2.25. The number of ether oxygens (including phenoxy) is 2. The van der Waals surface area contributed by atoms with E-state index in [0.29, 0.717) is 36.0 Å². The van der Waals surface area contributed by atoms with Crippen LogP contribution >= 0.6 is 0 Å². The zero-order valence-corrected chi connectivity index (χ0v) is 15.5. The van der Waals surface area contributed by atoms with Crippen LogP contribution in [-0.2, 0) is 0 Å². The lowest BCUT2D eigenvalue weighted by atomic mass is 10.2. The molecule has 0 atom stereocenters. The van der Waals surface area contributed by atoms with Crippen LogP contribution in [0.1, 0.15) is 17.3 Å². The molecule has 1 aromatic carbocycles. The van der Waals surface area contributed by atoms with Crippen LogP contribution in [0.25, 0.3) is 0 Å². The molecule has 0 saturated carbocycles. The number of hydrogen-bond acceptors (Lipinski definition) is 6. The van der Waals surface area contributed by atoms with Crippen molar-refractivity contribution in [3.63, 3.8) is 0 Å². The zero-order valence-electron chi connectivity index (χ0n) is 15.5. The smallest absolute Gasteiger partial charge is 0.257 e. The Balaban J connectivity index is 1.39. The van der Waals surface area contributed by atoms with E-state index < -0.39 is 0 Å². The number of carbonyl (C=O) groups excluding carboxylic acids is 1. The second kappa shape index (κ2) is 7.84. The number of aromatic nitrogens is 1. The number of pyridine rings is 1. The van der Waals surface area contributed by atoms with E-state index in [4.69, 9.17) is 9.47 Å². The van der Waals surface area contributed by atoms with E-state index >= 15 is 0 Å². The largest absolute Gasteiger partial charge is 0.486 e.